The highest BCUT2D eigenvalue weighted by Gasteiger charge is 2.12. The number of para-hydroxylation sites is 2. The number of benzene rings is 4. The second-order valence-electron chi connectivity index (χ2n) is 9.45. The van der Waals surface area contributed by atoms with Crippen LogP contribution in [0.4, 0.5) is 17.1 Å². The van der Waals surface area contributed by atoms with Crippen LogP contribution in [0.15, 0.2) is 103 Å². The molecule has 0 aliphatic heterocycles. The summed E-state index contributed by atoms with van der Waals surface area (Å²) in [6.07, 6.45) is 1.91. The van der Waals surface area contributed by atoms with Crippen LogP contribution in [0, 0.1) is 0 Å². The molecule has 41 heavy (non-hydrogen) atoms. The first-order chi connectivity index (χ1) is 20.1. The van der Waals surface area contributed by atoms with Gasteiger partial charge in [-0.15, -0.1) is 0 Å². The quantitative estimate of drug-likeness (QED) is 0.128. The predicted molar refractivity (Wildman–Crippen MR) is 169 cm³/mol. The second-order valence-corrected chi connectivity index (χ2v) is 9.82. The zero-order chi connectivity index (χ0) is 28.2. The molecule has 6 rings (SSSR count). The molecule has 6 aromatic rings. The highest BCUT2D eigenvalue weighted by atomic mass is 32.1. The van der Waals surface area contributed by atoms with Crippen molar-refractivity contribution < 1.29 is 14.2 Å². The fourth-order valence-corrected chi connectivity index (χ4v) is 4.99. The van der Waals surface area contributed by atoms with Crippen molar-refractivity contribution in [2.45, 2.75) is 6.61 Å². The summed E-state index contributed by atoms with van der Waals surface area (Å²) in [7, 11) is 3.21. The van der Waals surface area contributed by atoms with Crippen LogP contribution in [0.3, 0.4) is 0 Å². The molecule has 0 unspecified atom stereocenters. The van der Waals surface area contributed by atoms with Crippen LogP contribution in [0.1, 0.15) is 5.56 Å². The van der Waals surface area contributed by atoms with E-state index in [0.717, 1.165) is 50.0 Å². The number of ether oxygens (including phenoxy) is 3. The highest BCUT2D eigenvalue weighted by Crippen LogP contribution is 2.35. The van der Waals surface area contributed by atoms with Gasteiger partial charge < -0.3 is 29.8 Å². The van der Waals surface area contributed by atoms with E-state index >= 15 is 0 Å². The first-order valence-electron chi connectivity index (χ1n) is 13.1. The van der Waals surface area contributed by atoms with Crippen molar-refractivity contribution in [1.29, 1.82) is 0 Å². The van der Waals surface area contributed by atoms with Gasteiger partial charge in [0, 0.05) is 57.8 Å². The molecule has 7 nitrogen and oxygen atoms in total. The molecule has 2 aromatic heterocycles. The normalized spacial score (nSPS) is 10.9. The van der Waals surface area contributed by atoms with Crippen molar-refractivity contribution in [2.75, 3.05) is 24.9 Å². The minimum Gasteiger partial charge on any atom is -0.497 e. The molecule has 0 bridgehead atoms. The third-order valence-corrected chi connectivity index (χ3v) is 6.95. The molecule has 0 saturated heterocycles. The fourth-order valence-electron chi connectivity index (χ4n) is 4.81. The Morgan fingerprint density at radius 1 is 0.780 bits per heavy atom. The van der Waals surface area contributed by atoms with E-state index < -0.39 is 0 Å². The molecule has 204 valence electrons. The number of hydrogen-bond donors (Lipinski definition) is 3. The third-order valence-electron chi connectivity index (χ3n) is 6.73. The molecule has 0 radical (unpaired) electrons. The van der Waals surface area contributed by atoms with E-state index in [1.807, 2.05) is 66.9 Å². The minimum absolute atomic E-state index is 0.242. The average molecular weight is 561 g/mol. The molecule has 0 atom stereocenters. The van der Waals surface area contributed by atoms with E-state index in [1.54, 1.807) is 20.3 Å². The van der Waals surface area contributed by atoms with E-state index in [0.29, 0.717) is 17.2 Å². The molecule has 4 aromatic carbocycles. The highest BCUT2D eigenvalue weighted by molar-refractivity contribution is 7.80. The minimum atomic E-state index is 0.242. The summed E-state index contributed by atoms with van der Waals surface area (Å²) in [4.78, 5) is 8.17. The van der Waals surface area contributed by atoms with Gasteiger partial charge in [0.15, 0.2) is 0 Å². The maximum atomic E-state index is 5.99. The van der Waals surface area contributed by atoms with E-state index in [4.69, 9.17) is 31.4 Å². The number of anilines is 3. The standard InChI is InChI=1S/C33H28N4O3S/c1-38-25-17-24(18-26(19-25)39-2)36-33(41)40-20-21-14-22(29-12-7-13-34-29)16-23(15-21)35-32-27-8-3-5-10-30(27)37-31-11-6-4-9-28(31)32/h3-19,34H,20H2,1-2H3,(H,35,37)(H,36,41). The lowest BCUT2D eigenvalue weighted by atomic mass is 10.0. The Hall–Kier alpha value is -5.08. The monoisotopic (exact) mass is 560 g/mol. The first kappa shape index (κ1) is 26.2. The first-order valence-corrected chi connectivity index (χ1v) is 13.5. The molecule has 2 heterocycles. The number of fused-ring (bicyclic) bond motifs is 2. The van der Waals surface area contributed by atoms with Gasteiger partial charge in [-0.1, -0.05) is 36.4 Å². The molecule has 0 aliphatic carbocycles. The van der Waals surface area contributed by atoms with Crippen molar-refractivity contribution in [3.63, 3.8) is 0 Å². The number of nitrogens with zero attached hydrogens (tertiary/aromatic N) is 1. The summed E-state index contributed by atoms with van der Waals surface area (Å²) in [5.41, 5.74) is 7.49. The second kappa shape index (κ2) is 11.6. The zero-order valence-corrected chi connectivity index (χ0v) is 23.4. The van der Waals surface area contributed by atoms with Gasteiger partial charge in [-0.2, -0.15) is 0 Å². The molecular weight excluding hydrogens is 532 g/mol. The molecule has 8 heteroatoms. The maximum absolute atomic E-state index is 5.99. The third kappa shape index (κ3) is 5.78. The summed E-state index contributed by atoms with van der Waals surface area (Å²) in [5.74, 6) is 1.31. The van der Waals surface area contributed by atoms with Crippen LogP contribution < -0.4 is 20.1 Å². The van der Waals surface area contributed by atoms with Gasteiger partial charge in [-0.3, -0.25) is 0 Å². The van der Waals surface area contributed by atoms with Crippen LogP contribution in [0.2, 0.25) is 0 Å². The van der Waals surface area contributed by atoms with Crippen molar-refractivity contribution in [3.05, 3.63) is 109 Å². The Bertz CT molecular complexity index is 1780. The molecule has 0 spiro atoms. The lowest BCUT2D eigenvalue weighted by Gasteiger charge is -2.16. The SMILES string of the molecule is COc1cc(NC(=S)OCc2cc(Nc3c4ccccc4nc4ccccc34)cc(-c3ccc[nH]3)c2)cc(OC)c1. The van der Waals surface area contributed by atoms with Crippen LogP contribution in [0.25, 0.3) is 33.1 Å². The molecule has 0 fully saturated rings. The van der Waals surface area contributed by atoms with E-state index in [1.165, 1.54) is 0 Å². The van der Waals surface area contributed by atoms with Gasteiger partial charge in [0.25, 0.3) is 5.17 Å². The summed E-state index contributed by atoms with van der Waals surface area (Å²) in [6, 6.07) is 32.1. The van der Waals surface area contributed by atoms with Gasteiger partial charge in [-0.05, 0) is 60.2 Å². The van der Waals surface area contributed by atoms with Crippen molar-refractivity contribution >= 4 is 56.3 Å². The van der Waals surface area contributed by atoms with Gasteiger partial charge in [0.1, 0.15) is 18.1 Å². The summed E-state index contributed by atoms with van der Waals surface area (Å²) in [6.45, 7) is 0.272. The average Bonchev–Trinajstić information content (AvgIpc) is 3.55. The number of thiocarbonyl (C=S) groups is 1. The molecule has 0 amide bonds. The molecular formula is C33H28N4O3S. The van der Waals surface area contributed by atoms with E-state index in [2.05, 4.69) is 45.9 Å². The number of hydrogen-bond acceptors (Lipinski definition) is 6. The number of pyridine rings is 1. The number of H-pyrrole nitrogens is 1. The van der Waals surface area contributed by atoms with Crippen LogP contribution in [0.5, 0.6) is 11.5 Å². The van der Waals surface area contributed by atoms with Crippen molar-refractivity contribution in [2.24, 2.45) is 0 Å². The van der Waals surface area contributed by atoms with E-state index in [-0.39, 0.29) is 11.8 Å². The maximum Gasteiger partial charge on any atom is 0.261 e. The lowest BCUT2D eigenvalue weighted by molar-refractivity contribution is 0.300. The fraction of sp³-hybridized carbons (Fsp3) is 0.0909. The molecule has 0 aliphatic rings. The zero-order valence-electron chi connectivity index (χ0n) is 22.6. The Kier molecular flexibility index (Phi) is 7.38. The largest absolute Gasteiger partial charge is 0.497 e. The van der Waals surface area contributed by atoms with Crippen LogP contribution in [-0.2, 0) is 11.3 Å². The predicted octanol–water partition coefficient (Wildman–Crippen LogP) is 8.06. The van der Waals surface area contributed by atoms with Crippen LogP contribution in [-0.4, -0.2) is 29.4 Å². The van der Waals surface area contributed by atoms with Crippen molar-refractivity contribution in [1.82, 2.24) is 9.97 Å². The topological polar surface area (TPSA) is 80.4 Å². The Morgan fingerprint density at radius 2 is 1.46 bits per heavy atom. The molecule has 3 N–H and O–H groups in total. The lowest BCUT2D eigenvalue weighted by Crippen LogP contribution is -2.13. The number of nitrogens with one attached hydrogen (secondary N) is 3. The van der Waals surface area contributed by atoms with E-state index in [9.17, 15) is 0 Å². The number of aromatic amines is 1. The van der Waals surface area contributed by atoms with Crippen molar-refractivity contribution in [3.8, 4) is 22.8 Å². The number of aromatic nitrogens is 2. The summed E-state index contributed by atoms with van der Waals surface area (Å²) in [5, 5.41) is 9.16. The van der Waals surface area contributed by atoms with Gasteiger partial charge in [0.05, 0.1) is 30.9 Å². The summed E-state index contributed by atoms with van der Waals surface area (Å²) >= 11 is 5.51. The Balaban J connectivity index is 1.30. The van der Waals surface area contributed by atoms with Gasteiger partial charge in [0.2, 0.25) is 0 Å². The number of methoxy groups -OCH3 is 2. The number of rotatable bonds is 8. The van der Waals surface area contributed by atoms with Gasteiger partial charge >= 0.3 is 0 Å². The summed E-state index contributed by atoms with van der Waals surface area (Å²) < 4.78 is 16.7. The Labute approximate surface area is 243 Å². The van der Waals surface area contributed by atoms with Gasteiger partial charge in [-0.25, -0.2) is 4.98 Å². The molecule has 0 saturated carbocycles. The van der Waals surface area contributed by atoms with Crippen LogP contribution >= 0.6 is 12.2 Å². The Morgan fingerprint density at radius 3 is 2.10 bits per heavy atom. The smallest absolute Gasteiger partial charge is 0.261 e.